The largest absolute Gasteiger partial charge is 0.431 e. The fraction of sp³-hybridized carbons (Fsp3) is 0.700. The standard InChI is InChI=1S/C10H12O3/c1-6-5-10-7(2-3-12-10)4-8(10)9(11)13-6/h5,7-8H,2-4H2,1H3/t7-,8?,10?/m0/s1. The first-order valence-electron chi connectivity index (χ1n) is 4.77. The number of allylic oxidation sites excluding steroid dienone is 1. The summed E-state index contributed by atoms with van der Waals surface area (Å²) in [5.41, 5.74) is -0.264. The second kappa shape index (κ2) is 2.15. The van der Waals surface area contributed by atoms with Crippen molar-refractivity contribution in [2.45, 2.75) is 25.4 Å². The molecule has 1 aliphatic carbocycles. The van der Waals surface area contributed by atoms with Gasteiger partial charge in [0, 0.05) is 6.61 Å². The average Bonchev–Trinajstić information content (AvgIpc) is 2.32. The van der Waals surface area contributed by atoms with Crippen molar-refractivity contribution < 1.29 is 14.3 Å². The minimum atomic E-state index is -0.264. The first kappa shape index (κ1) is 7.56. The number of carbonyl (C=O) groups excluding carboxylic acids is 1. The van der Waals surface area contributed by atoms with Crippen LogP contribution in [0.4, 0.5) is 0 Å². The Kier molecular flexibility index (Phi) is 1.25. The van der Waals surface area contributed by atoms with Crippen LogP contribution in [0.25, 0.3) is 0 Å². The van der Waals surface area contributed by atoms with Gasteiger partial charge in [0.25, 0.3) is 0 Å². The van der Waals surface area contributed by atoms with Crippen molar-refractivity contribution in [3.05, 3.63) is 11.8 Å². The molecule has 2 aliphatic heterocycles. The van der Waals surface area contributed by atoms with Crippen LogP contribution in [0, 0.1) is 11.8 Å². The Morgan fingerprint density at radius 1 is 1.62 bits per heavy atom. The zero-order valence-corrected chi connectivity index (χ0v) is 7.58. The zero-order valence-electron chi connectivity index (χ0n) is 7.58. The van der Waals surface area contributed by atoms with Crippen molar-refractivity contribution in [1.82, 2.24) is 0 Å². The lowest BCUT2D eigenvalue weighted by atomic mass is 9.60. The normalized spacial score (nSPS) is 47.2. The van der Waals surface area contributed by atoms with Crippen molar-refractivity contribution >= 4 is 5.97 Å². The quantitative estimate of drug-likeness (QED) is 0.526. The lowest BCUT2D eigenvalue weighted by Gasteiger charge is -2.49. The van der Waals surface area contributed by atoms with E-state index >= 15 is 0 Å². The van der Waals surface area contributed by atoms with E-state index in [4.69, 9.17) is 9.47 Å². The van der Waals surface area contributed by atoms with E-state index in [0.717, 1.165) is 19.4 Å². The molecule has 0 radical (unpaired) electrons. The smallest absolute Gasteiger partial charge is 0.317 e. The van der Waals surface area contributed by atoms with Gasteiger partial charge in [0.1, 0.15) is 11.4 Å². The highest BCUT2D eigenvalue weighted by molar-refractivity contribution is 5.79. The Morgan fingerprint density at radius 3 is 3.23 bits per heavy atom. The van der Waals surface area contributed by atoms with Gasteiger partial charge in [-0.05, 0) is 31.8 Å². The van der Waals surface area contributed by atoms with E-state index in [0.29, 0.717) is 11.7 Å². The molecule has 3 atom stereocenters. The second-order valence-corrected chi connectivity index (χ2v) is 4.15. The van der Waals surface area contributed by atoms with Crippen LogP contribution in [0.1, 0.15) is 19.8 Å². The molecule has 3 nitrogen and oxygen atoms in total. The molecule has 0 bridgehead atoms. The SMILES string of the molecule is CC1=CC23OCC[C@H]2CC3C(=O)O1. The number of rotatable bonds is 0. The van der Waals surface area contributed by atoms with Gasteiger partial charge in [-0.25, -0.2) is 0 Å². The number of hydrogen-bond acceptors (Lipinski definition) is 3. The number of carbonyl (C=O) groups is 1. The molecule has 2 fully saturated rings. The molecule has 3 rings (SSSR count). The van der Waals surface area contributed by atoms with Crippen LogP contribution in [0.15, 0.2) is 11.8 Å². The minimum Gasteiger partial charge on any atom is -0.431 e. The Labute approximate surface area is 76.7 Å². The lowest BCUT2D eigenvalue weighted by molar-refractivity contribution is -0.175. The number of esters is 1. The third-order valence-electron chi connectivity index (χ3n) is 3.50. The summed E-state index contributed by atoms with van der Waals surface area (Å²) in [4.78, 5) is 11.5. The van der Waals surface area contributed by atoms with Crippen LogP contribution < -0.4 is 0 Å². The number of ether oxygens (including phenoxy) is 2. The van der Waals surface area contributed by atoms with Gasteiger partial charge in [0.2, 0.25) is 0 Å². The molecule has 13 heavy (non-hydrogen) atoms. The summed E-state index contributed by atoms with van der Waals surface area (Å²) in [5, 5.41) is 0. The van der Waals surface area contributed by atoms with Gasteiger partial charge >= 0.3 is 5.97 Å². The summed E-state index contributed by atoms with van der Waals surface area (Å²) in [6.45, 7) is 2.61. The molecular formula is C10H12O3. The molecule has 0 aromatic carbocycles. The molecule has 2 unspecified atom stereocenters. The van der Waals surface area contributed by atoms with Gasteiger partial charge in [-0.2, -0.15) is 0 Å². The molecule has 1 spiro atoms. The summed E-state index contributed by atoms with van der Waals surface area (Å²) >= 11 is 0. The van der Waals surface area contributed by atoms with E-state index in [1.54, 1.807) is 0 Å². The van der Waals surface area contributed by atoms with Crippen LogP contribution >= 0.6 is 0 Å². The molecule has 2 heterocycles. The van der Waals surface area contributed by atoms with E-state index in [2.05, 4.69) is 0 Å². The van der Waals surface area contributed by atoms with E-state index in [9.17, 15) is 4.79 Å². The van der Waals surface area contributed by atoms with Gasteiger partial charge in [-0.1, -0.05) is 0 Å². The minimum absolute atomic E-state index is 0.0244. The first-order valence-corrected chi connectivity index (χ1v) is 4.77. The third-order valence-corrected chi connectivity index (χ3v) is 3.50. The van der Waals surface area contributed by atoms with E-state index in [1.165, 1.54) is 0 Å². The van der Waals surface area contributed by atoms with Crippen LogP contribution in [0.2, 0.25) is 0 Å². The summed E-state index contributed by atoms with van der Waals surface area (Å²) < 4.78 is 10.8. The first-order chi connectivity index (χ1) is 6.22. The molecule has 3 aliphatic rings. The molecule has 0 aromatic heterocycles. The highest BCUT2D eigenvalue weighted by Crippen LogP contribution is 2.56. The number of cyclic esters (lactones) is 1. The maximum absolute atomic E-state index is 11.5. The zero-order chi connectivity index (χ0) is 9.05. The van der Waals surface area contributed by atoms with Gasteiger partial charge in [0.05, 0.1) is 5.92 Å². The van der Waals surface area contributed by atoms with Crippen LogP contribution in [-0.4, -0.2) is 18.2 Å². The Bertz CT molecular complexity index is 307. The van der Waals surface area contributed by atoms with Gasteiger partial charge < -0.3 is 9.47 Å². The molecule has 1 saturated heterocycles. The van der Waals surface area contributed by atoms with Gasteiger partial charge in [0.15, 0.2) is 0 Å². The summed E-state index contributed by atoms with van der Waals surface area (Å²) in [5.74, 6) is 1.13. The topological polar surface area (TPSA) is 35.5 Å². The number of hydrogen-bond donors (Lipinski definition) is 0. The Balaban J connectivity index is 2.04. The Morgan fingerprint density at radius 2 is 2.46 bits per heavy atom. The van der Waals surface area contributed by atoms with Gasteiger partial charge in [-0.15, -0.1) is 0 Å². The van der Waals surface area contributed by atoms with Crippen molar-refractivity contribution in [2.75, 3.05) is 6.61 Å². The van der Waals surface area contributed by atoms with Crippen molar-refractivity contribution in [3.8, 4) is 0 Å². The van der Waals surface area contributed by atoms with Crippen LogP contribution in [0.3, 0.4) is 0 Å². The molecule has 0 N–H and O–H groups in total. The second-order valence-electron chi connectivity index (χ2n) is 4.15. The van der Waals surface area contributed by atoms with Crippen molar-refractivity contribution in [3.63, 3.8) is 0 Å². The molecule has 70 valence electrons. The summed E-state index contributed by atoms with van der Waals surface area (Å²) in [6, 6.07) is 0. The van der Waals surface area contributed by atoms with Crippen LogP contribution in [0.5, 0.6) is 0 Å². The lowest BCUT2D eigenvalue weighted by Crippen LogP contribution is -2.57. The summed E-state index contributed by atoms with van der Waals surface area (Å²) in [7, 11) is 0. The molecule has 1 saturated carbocycles. The maximum Gasteiger partial charge on any atom is 0.317 e. The molecule has 0 amide bonds. The highest BCUT2D eigenvalue weighted by atomic mass is 16.6. The van der Waals surface area contributed by atoms with E-state index in [1.807, 2.05) is 13.0 Å². The molecule has 0 aromatic rings. The van der Waals surface area contributed by atoms with Gasteiger partial charge in [-0.3, -0.25) is 4.79 Å². The van der Waals surface area contributed by atoms with Crippen molar-refractivity contribution in [1.29, 1.82) is 0 Å². The Hall–Kier alpha value is -0.830. The van der Waals surface area contributed by atoms with E-state index in [-0.39, 0.29) is 17.5 Å². The molecule has 3 heteroatoms. The fourth-order valence-electron chi connectivity index (χ4n) is 2.83. The van der Waals surface area contributed by atoms with Crippen LogP contribution in [-0.2, 0) is 14.3 Å². The third kappa shape index (κ3) is 0.759. The maximum atomic E-state index is 11.5. The van der Waals surface area contributed by atoms with Crippen molar-refractivity contribution in [2.24, 2.45) is 11.8 Å². The average molecular weight is 180 g/mol. The molecular weight excluding hydrogens is 168 g/mol. The monoisotopic (exact) mass is 180 g/mol. The highest BCUT2D eigenvalue weighted by Gasteiger charge is 2.63. The summed E-state index contributed by atoms with van der Waals surface area (Å²) in [6.07, 6.45) is 4.04. The fourth-order valence-corrected chi connectivity index (χ4v) is 2.83. The predicted molar refractivity (Wildman–Crippen MR) is 44.7 cm³/mol. The van der Waals surface area contributed by atoms with E-state index < -0.39 is 0 Å². The predicted octanol–water partition coefficient (Wildman–Crippen LogP) is 1.24.